The molecular formula is C28H20Cl2FN5O3. The molecule has 1 atom stereocenters. The number of halogens is 3. The third kappa shape index (κ3) is 5.74. The molecule has 1 aliphatic heterocycles. The number of nitrogens with zero attached hydrogens (tertiary/aromatic N) is 3. The first-order valence-corrected chi connectivity index (χ1v) is 12.6. The van der Waals surface area contributed by atoms with Gasteiger partial charge in [-0.15, -0.1) is 0 Å². The van der Waals surface area contributed by atoms with Gasteiger partial charge >= 0.3 is 0 Å². The van der Waals surface area contributed by atoms with Gasteiger partial charge in [0.05, 0.1) is 21.8 Å². The van der Waals surface area contributed by atoms with Crippen LogP contribution < -0.4 is 10.6 Å². The van der Waals surface area contributed by atoms with E-state index in [1.54, 1.807) is 42.6 Å². The fourth-order valence-electron chi connectivity index (χ4n) is 4.25. The van der Waals surface area contributed by atoms with Gasteiger partial charge in [0.1, 0.15) is 6.04 Å². The third-order valence-electron chi connectivity index (χ3n) is 6.16. The maximum Gasteiger partial charge on any atom is 0.258 e. The molecule has 11 heteroatoms. The van der Waals surface area contributed by atoms with Gasteiger partial charge in [0, 0.05) is 36.1 Å². The zero-order chi connectivity index (χ0) is 27.5. The van der Waals surface area contributed by atoms with Crippen LogP contribution in [0.15, 0.2) is 79.1 Å². The first-order valence-electron chi connectivity index (χ1n) is 11.8. The highest BCUT2D eigenvalue weighted by atomic mass is 35.5. The van der Waals surface area contributed by atoms with E-state index in [4.69, 9.17) is 23.2 Å². The Kier molecular flexibility index (Phi) is 7.53. The number of anilines is 2. The Bertz CT molecular complexity index is 1580. The Morgan fingerprint density at radius 3 is 2.56 bits per heavy atom. The van der Waals surface area contributed by atoms with Gasteiger partial charge < -0.3 is 15.5 Å². The number of hydrogen-bond donors (Lipinski definition) is 2. The van der Waals surface area contributed by atoms with Crippen LogP contribution in [0.25, 0.3) is 0 Å². The largest absolute Gasteiger partial charge is 0.323 e. The van der Waals surface area contributed by atoms with E-state index in [9.17, 15) is 18.8 Å². The molecule has 4 aromatic rings. The summed E-state index contributed by atoms with van der Waals surface area (Å²) in [5.41, 5.74) is 1.90. The Morgan fingerprint density at radius 1 is 1.00 bits per heavy atom. The van der Waals surface area contributed by atoms with Crippen molar-refractivity contribution >= 4 is 52.4 Å². The number of amides is 3. The van der Waals surface area contributed by atoms with Crippen molar-refractivity contribution in [2.75, 3.05) is 10.6 Å². The fraction of sp³-hybridized carbons (Fsp3) is 0.107. The van der Waals surface area contributed by atoms with Crippen molar-refractivity contribution in [2.45, 2.75) is 19.0 Å². The molecule has 196 valence electrons. The summed E-state index contributed by atoms with van der Waals surface area (Å²) in [5, 5.41) is 5.67. The lowest BCUT2D eigenvalue weighted by atomic mass is 10.0. The van der Waals surface area contributed by atoms with Gasteiger partial charge in [-0.05, 0) is 60.2 Å². The molecule has 0 unspecified atom stereocenters. The van der Waals surface area contributed by atoms with Crippen LogP contribution in [-0.4, -0.2) is 38.6 Å². The first kappa shape index (κ1) is 26.3. The Hall–Kier alpha value is -4.34. The van der Waals surface area contributed by atoms with E-state index in [1.165, 1.54) is 41.4 Å². The number of carbonyl (C=O) groups is 3. The van der Waals surface area contributed by atoms with Crippen molar-refractivity contribution in [3.05, 3.63) is 117 Å². The van der Waals surface area contributed by atoms with Crippen molar-refractivity contribution in [3.8, 4) is 0 Å². The maximum atomic E-state index is 13.9. The van der Waals surface area contributed by atoms with Crippen LogP contribution in [-0.2, 0) is 17.8 Å². The summed E-state index contributed by atoms with van der Waals surface area (Å²) in [6.07, 6.45) is 3.14. The number of benzene rings is 2. The Labute approximate surface area is 232 Å². The van der Waals surface area contributed by atoms with Gasteiger partial charge in [-0.25, -0.2) is 9.37 Å². The summed E-state index contributed by atoms with van der Waals surface area (Å²) in [6, 6.07) is 16.3. The molecule has 0 spiro atoms. The molecule has 1 aliphatic rings. The number of carbonyl (C=O) groups excluding carboxylic acids is 3. The van der Waals surface area contributed by atoms with Gasteiger partial charge in [0.15, 0.2) is 11.6 Å². The molecule has 3 heterocycles. The van der Waals surface area contributed by atoms with Crippen LogP contribution in [0.2, 0.25) is 10.0 Å². The molecule has 0 saturated heterocycles. The lowest BCUT2D eigenvalue weighted by molar-refractivity contribution is -0.120. The van der Waals surface area contributed by atoms with Crippen LogP contribution in [0.1, 0.15) is 32.0 Å². The van der Waals surface area contributed by atoms with E-state index in [0.717, 1.165) is 0 Å². The van der Waals surface area contributed by atoms with E-state index in [2.05, 4.69) is 20.6 Å². The second kappa shape index (κ2) is 11.2. The molecule has 0 saturated carbocycles. The number of pyridine rings is 2. The molecule has 2 aromatic heterocycles. The molecule has 0 fully saturated rings. The minimum atomic E-state index is -0.896. The van der Waals surface area contributed by atoms with Crippen molar-refractivity contribution in [1.82, 2.24) is 14.9 Å². The van der Waals surface area contributed by atoms with E-state index in [0.29, 0.717) is 22.0 Å². The number of rotatable bonds is 6. The monoisotopic (exact) mass is 563 g/mol. The van der Waals surface area contributed by atoms with Gasteiger partial charge in [-0.1, -0.05) is 35.3 Å². The average molecular weight is 564 g/mol. The molecule has 0 radical (unpaired) electrons. The second-order valence-corrected chi connectivity index (χ2v) is 9.60. The summed E-state index contributed by atoms with van der Waals surface area (Å²) in [5.74, 6) is -2.33. The molecule has 8 nitrogen and oxygen atoms in total. The van der Waals surface area contributed by atoms with Crippen LogP contribution in [0.5, 0.6) is 0 Å². The summed E-state index contributed by atoms with van der Waals surface area (Å²) < 4.78 is 13.9. The maximum absolute atomic E-state index is 13.9. The molecule has 2 aromatic carbocycles. The van der Waals surface area contributed by atoms with Crippen LogP contribution in [0, 0.1) is 5.82 Å². The summed E-state index contributed by atoms with van der Waals surface area (Å²) >= 11 is 12.5. The van der Waals surface area contributed by atoms with Gasteiger partial charge in [0.25, 0.3) is 11.8 Å². The first-order chi connectivity index (χ1) is 18.8. The Morgan fingerprint density at radius 2 is 1.82 bits per heavy atom. The normalized spacial score (nSPS) is 14.8. The quantitative estimate of drug-likeness (QED) is 0.327. The highest BCUT2D eigenvalue weighted by Gasteiger charge is 2.36. The lowest BCUT2D eigenvalue weighted by Crippen LogP contribution is -2.46. The average Bonchev–Trinajstić information content (AvgIpc) is 3.00. The summed E-state index contributed by atoms with van der Waals surface area (Å²) in [7, 11) is 0. The molecule has 39 heavy (non-hydrogen) atoms. The van der Waals surface area contributed by atoms with Gasteiger partial charge in [0.2, 0.25) is 5.91 Å². The molecule has 0 bridgehead atoms. The SMILES string of the molecule is O=C(Nc1ncccc1F)c1ccc(CN2C(=O)c3ccc(Cl)cc3NC(=O)[C@H]2Cc2ccccn2)cc1Cl. The predicted molar refractivity (Wildman–Crippen MR) is 145 cm³/mol. The van der Waals surface area contributed by atoms with Crippen LogP contribution in [0.4, 0.5) is 15.9 Å². The highest BCUT2D eigenvalue weighted by Crippen LogP contribution is 2.29. The van der Waals surface area contributed by atoms with Gasteiger partial charge in [-0.2, -0.15) is 0 Å². The zero-order valence-corrected chi connectivity index (χ0v) is 21.7. The number of fused-ring (bicyclic) bond motifs is 1. The molecule has 5 rings (SSSR count). The van der Waals surface area contributed by atoms with E-state index in [-0.39, 0.29) is 40.8 Å². The van der Waals surface area contributed by atoms with E-state index < -0.39 is 23.7 Å². The molecule has 3 amide bonds. The van der Waals surface area contributed by atoms with Crippen molar-refractivity contribution < 1.29 is 18.8 Å². The number of hydrogen-bond acceptors (Lipinski definition) is 5. The smallest absolute Gasteiger partial charge is 0.258 e. The van der Waals surface area contributed by atoms with Gasteiger partial charge in [-0.3, -0.25) is 19.4 Å². The van der Waals surface area contributed by atoms with E-state index >= 15 is 0 Å². The topological polar surface area (TPSA) is 104 Å². The fourth-order valence-corrected chi connectivity index (χ4v) is 4.71. The third-order valence-corrected chi connectivity index (χ3v) is 6.71. The van der Waals surface area contributed by atoms with Crippen molar-refractivity contribution in [1.29, 1.82) is 0 Å². The molecule has 2 N–H and O–H groups in total. The standard InChI is InChI=1S/C28H20Cl2FN5O3/c29-17-7-9-20-23(13-17)34-27(38)24(14-18-4-1-2-10-32-18)36(28(20)39)15-16-6-8-19(21(30)12-16)26(37)35-25-22(31)5-3-11-33-25/h1-13,24H,14-15H2,(H,34,38)(H,33,35,37)/t24-/m1/s1. The van der Waals surface area contributed by atoms with Crippen molar-refractivity contribution in [2.24, 2.45) is 0 Å². The predicted octanol–water partition coefficient (Wildman–Crippen LogP) is 5.38. The lowest BCUT2D eigenvalue weighted by Gasteiger charge is -2.29. The molecular weight excluding hydrogens is 544 g/mol. The molecule has 0 aliphatic carbocycles. The summed E-state index contributed by atoms with van der Waals surface area (Å²) in [6.45, 7) is 0.0162. The zero-order valence-electron chi connectivity index (χ0n) is 20.2. The van der Waals surface area contributed by atoms with E-state index in [1.807, 2.05) is 0 Å². The van der Waals surface area contributed by atoms with Crippen molar-refractivity contribution in [3.63, 3.8) is 0 Å². The minimum Gasteiger partial charge on any atom is -0.323 e. The number of aromatic nitrogens is 2. The summed E-state index contributed by atoms with van der Waals surface area (Å²) in [4.78, 5) is 49.4. The van der Waals surface area contributed by atoms with Crippen LogP contribution >= 0.6 is 23.2 Å². The minimum absolute atomic E-state index is 0.0162. The highest BCUT2D eigenvalue weighted by molar-refractivity contribution is 6.34. The number of nitrogens with one attached hydrogen (secondary N) is 2. The van der Waals surface area contributed by atoms with Crippen LogP contribution in [0.3, 0.4) is 0 Å². The Balaban J connectivity index is 1.45. The second-order valence-electron chi connectivity index (χ2n) is 8.76.